The van der Waals surface area contributed by atoms with E-state index in [9.17, 15) is 24.8 Å². The molecule has 0 saturated carbocycles. The molecule has 8 heteroatoms. The third-order valence-electron chi connectivity index (χ3n) is 4.53. The molecule has 1 N–H and O–H groups in total. The molecule has 0 radical (unpaired) electrons. The van der Waals surface area contributed by atoms with E-state index < -0.39 is 27.5 Å². The van der Waals surface area contributed by atoms with E-state index in [-0.39, 0.29) is 16.9 Å². The highest BCUT2D eigenvalue weighted by atomic mass is 32.2. The van der Waals surface area contributed by atoms with Crippen LogP contribution < -0.4 is 0 Å². The molecule has 1 aliphatic heterocycles. The molecule has 0 aromatic heterocycles. The van der Waals surface area contributed by atoms with E-state index in [1.807, 2.05) is 24.3 Å². The van der Waals surface area contributed by atoms with Crippen molar-refractivity contribution >= 4 is 34.7 Å². The summed E-state index contributed by atoms with van der Waals surface area (Å²) in [6.45, 7) is 6.48. The molecule has 2 aromatic rings. The van der Waals surface area contributed by atoms with Crippen LogP contribution in [0.15, 0.2) is 47.4 Å². The van der Waals surface area contributed by atoms with Crippen LogP contribution in [0, 0.1) is 10.1 Å². The zero-order chi connectivity index (χ0) is 21.3. The first-order chi connectivity index (χ1) is 13.6. The van der Waals surface area contributed by atoms with Crippen LogP contribution in [0.1, 0.15) is 37.5 Å². The predicted molar refractivity (Wildman–Crippen MR) is 111 cm³/mol. The molecule has 0 bridgehead atoms. The number of phenols is 1. The fraction of sp³-hybridized carbons (Fsp3) is 0.238. The molecule has 2 amide bonds. The van der Waals surface area contributed by atoms with Gasteiger partial charge in [0.05, 0.1) is 16.4 Å². The van der Waals surface area contributed by atoms with E-state index in [4.69, 9.17) is 0 Å². The number of hydrogen-bond acceptors (Lipinski definition) is 6. The number of phenolic OH excluding ortho intramolecular Hbond substituents is 1. The second-order valence-electron chi connectivity index (χ2n) is 7.72. The lowest BCUT2D eigenvalue weighted by Crippen LogP contribution is -2.27. The van der Waals surface area contributed by atoms with Gasteiger partial charge in [0.25, 0.3) is 11.1 Å². The topological polar surface area (TPSA) is 101 Å². The zero-order valence-electron chi connectivity index (χ0n) is 16.2. The smallest absolute Gasteiger partial charge is 0.311 e. The van der Waals surface area contributed by atoms with Gasteiger partial charge in [0, 0.05) is 6.07 Å². The van der Waals surface area contributed by atoms with Crippen LogP contribution in [-0.4, -0.2) is 26.1 Å². The number of thioether (sulfide) groups is 1. The van der Waals surface area contributed by atoms with Gasteiger partial charge in [0.15, 0.2) is 5.75 Å². The molecule has 1 fully saturated rings. The van der Waals surface area contributed by atoms with E-state index in [0.29, 0.717) is 5.56 Å². The van der Waals surface area contributed by atoms with Gasteiger partial charge in [-0.15, -0.1) is 0 Å². The lowest BCUT2D eigenvalue weighted by atomic mass is 9.87. The van der Waals surface area contributed by atoms with Gasteiger partial charge in [0.1, 0.15) is 0 Å². The molecule has 7 nitrogen and oxygen atoms in total. The molecular weight excluding hydrogens is 392 g/mol. The summed E-state index contributed by atoms with van der Waals surface area (Å²) < 4.78 is 0. The van der Waals surface area contributed by atoms with E-state index in [1.54, 1.807) is 0 Å². The largest absolute Gasteiger partial charge is 0.502 e. The number of hydrogen-bond donors (Lipinski definition) is 1. The Morgan fingerprint density at radius 1 is 1.14 bits per heavy atom. The number of nitro benzene ring substituents is 1. The summed E-state index contributed by atoms with van der Waals surface area (Å²) in [6.07, 6.45) is 1.42. The normalized spacial score (nSPS) is 16.0. The van der Waals surface area contributed by atoms with Gasteiger partial charge in [-0.05, 0) is 46.0 Å². The molecule has 29 heavy (non-hydrogen) atoms. The Hall–Kier alpha value is -3.13. The molecule has 0 atom stereocenters. The summed E-state index contributed by atoms with van der Waals surface area (Å²) in [5.74, 6) is -0.908. The summed E-state index contributed by atoms with van der Waals surface area (Å²) in [4.78, 5) is 36.6. The molecule has 0 unspecified atom stereocenters. The van der Waals surface area contributed by atoms with Crippen molar-refractivity contribution in [2.75, 3.05) is 0 Å². The van der Waals surface area contributed by atoms with Crippen molar-refractivity contribution in [3.8, 4) is 5.75 Å². The molecular formula is C21H20N2O5S. The van der Waals surface area contributed by atoms with Gasteiger partial charge in [-0.2, -0.15) is 0 Å². The van der Waals surface area contributed by atoms with Crippen molar-refractivity contribution in [3.05, 3.63) is 74.2 Å². The highest BCUT2D eigenvalue weighted by Crippen LogP contribution is 2.35. The molecule has 150 valence electrons. The van der Waals surface area contributed by atoms with Crippen LogP contribution in [0.5, 0.6) is 5.75 Å². The van der Waals surface area contributed by atoms with Crippen molar-refractivity contribution in [2.45, 2.75) is 32.7 Å². The van der Waals surface area contributed by atoms with Crippen molar-refractivity contribution < 1.29 is 19.6 Å². The third kappa shape index (κ3) is 4.48. The van der Waals surface area contributed by atoms with Crippen LogP contribution in [0.3, 0.4) is 0 Å². The first kappa shape index (κ1) is 20.6. The number of benzene rings is 2. The Morgan fingerprint density at radius 2 is 1.79 bits per heavy atom. The quantitative estimate of drug-likeness (QED) is 0.438. The summed E-state index contributed by atoms with van der Waals surface area (Å²) in [6, 6.07) is 11.6. The van der Waals surface area contributed by atoms with E-state index >= 15 is 0 Å². The van der Waals surface area contributed by atoms with Crippen LogP contribution in [0.25, 0.3) is 6.08 Å². The summed E-state index contributed by atoms with van der Waals surface area (Å²) in [5.41, 5.74) is 1.90. The van der Waals surface area contributed by atoms with Crippen molar-refractivity contribution in [3.63, 3.8) is 0 Å². The van der Waals surface area contributed by atoms with Crippen molar-refractivity contribution in [2.24, 2.45) is 0 Å². The van der Waals surface area contributed by atoms with Gasteiger partial charge in [-0.25, -0.2) is 0 Å². The van der Waals surface area contributed by atoms with Gasteiger partial charge in [0.2, 0.25) is 0 Å². The lowest BCUT2D eigenvalue weighted by molar-refractivity contribution is -0.385. The van der Waals surface area contributed by atoms with Crippen molar-refractivity contribution in [1.29, 1.82) is 0 Å². The van der Waals surface area contributed by atoms with Crippen LogP contribution >= 0.6 is 11.8 Å². The van der Waals surface area contributed by atoms with E-state index in [1.165, 1.54) is 18.2 Å². The molecule has 2 aromatic carbocycles. The SMILES string of the molecule is CC(C)(C)c1ccc(CN2C(=O)S/C(=C\c3ccc(O)c([N+](=O)[O-])c3)C2=O)cc1. The Kier molecular flexibility index (Phi) is 5.48. The minimum Gasteiger partial charge on any atom is -0.502 e. The Bertz CT molecular complexity index is 1020. The first-order valence-corrected chi connectivity index (χ1v) is 9.70. The number of nitrogens with zero attached hydrogens (tertiary/aromatic N) is 2. The number of rotatable bonds is 4. The average Bonchev–Trinajstić information content (AvgIpc) is 2.90. The molecule has 0 aliphatic carbocycles. The molecule has 1 aliphatic rings. The number of aromatic hydroxyl groups is 1. The maximum Gasteiger partial charge on any atom is 0.311 e. The second kappa shape index (κ2) is 7.71. The van der Waals surface area contributed by atoms with Gasteiger partial charge >= 0.3 is 5.69 Å². The number of nitro groups is 1. The third-order valence-corrected chi connectivity index (χ3v) is 5.44. The predicted octanol–water partition coefficient (Wildman–Crippen LogP) is 4.83. The van der Waals surface area contributed by atoms with Gasteiger partial charge in [-0.3, -0.25) is 24.6 Å². The zero-order valence-corrected chi connectivity index (χ0v) is 17.0. The maximum atomic E-state index is 12.7. The number of amides is 2. The van der Waals surface area contributed by atoms with Crippen molar-refractivity contribution in [1.82, 2.24) is 4.90 Å². The number of imide groups is 1. The fourth-order valence-electron chi connectivity index (χ4n) is 2.86. The van der Waals surface area contributed by atoms with Gasteiger partial charge < -0.3 is 5.11 Å². The molecule has 1 heterocycles. The first-order valence-electron chi connectivity index (χ1n) is 8.88. The minimum atomic E-state index is -0.709. The second-order valence-corrected chi connectivity index (χ2v) is 8.71. The summed E-state index contributed by atoms with van der Waals surface area (Å²) >= 11 is 0.788. The minimum absolute atomic E-state index is 0.0102. The molecule has 3 rings (SSSR count). The highest BCUT2D eigenvalue weighted by Gasteiger charge is 2.35. The lowest BCUT2D eigenvalue weighted by Gasteiger charge is -2.20. The standard InChI is InChI=1S/C21H20N2O5S/c1-21(2,3)15-7-4-13(5-8-15)12-22-19(25)18(29-20(22)26)11-14-6-9-17(24)16(10-14)23(27)28/h4-11,24H,12H2,1-3H3/b18-11-. The fourth-order valence-corrected chi connectivity index (χ4v) is 3.70. The Morgan fingerprint density at radius 3 is 2.38 bits per heavy atom. The molecule has 0 spiro atoms. The summed E-state index contributed by atoms with van der Waals surface area (Å²) in [7, 11) is 0. The Balaban J connectivity index is 1.80. The average molecular weight is 412 g/mol. The molecule has 1 saturated heterocycles. The summed E-state index contributed by atoms with van der Waals surface area (Å²) in [5, 5.41) is 20.1. The maximum absolute atomic E-state index is 12.7. The van der Waals surface area contributed by atoms with Crippen LogP contribution in [-0.2, 0) is 16.8 Å². The Labute approximate surface area is 172 Å². The monoisotopic (exact) mass is 412 g/mol. The highest BCUT2D eigenvalue weighted by molar-refractivity contribution is 8.18. The van der Waals surface area contributed by atoms with Crippen LogP contribution in [0.2, 0.25) is 0 Å². The number of carbonyl (C=O) groups excluding carboxylic acids is 2. The van der Waals surface area contributed by atoms with Gasteiger partial charge in [-0.1, -0.05) is 51.1 Å². The number of carbonyl (C=O) groups is 2. The van der Waals surface area contributed by atoms with Crippen LogP contribution in [0.4, 0.5) is 10.5 Å². The van der Waals surface area contributed by atoms with E-state index in [0.717, 1.165) is 33.9 Å². The van der Waals surface area contributed by atoms with E-state index in [2.05, 4.69) is 20.8 Å².